The average molecular weight is 291 g/mol. The fourth-order valence-corrected chi connectivity index (χ4v) is 3.04. The summed E-state index contributed by atoms with van der Waals surface area (Å²) in [5.41, 5.74) is 1.61. The first-order valence-corrected chi connectivity index (χ1v) is 7.20. The van der Waals surface area contributed by atoms with E-state index in [1.54, 1.807) is 19.1 Å². The summed E-state index contributed by atoms with van der Waals surface area (Å²) in [5, 5.41) is 13.5. The van der Waals surface area contributed by atoms with Crippen molar-refractivity contribution in [2.24, 2.45) is 4.99 Å². The van der Waals surface area contributed by atoms with Gasteiger partial charge in [0, 0.05) is 6.54 Å². The van der Waals surface area contributed by atoms with Gasteiger partial charge in [-0.3, -0.25) is 4.99 Å². The second kappa shape index (κ2) is 5.30. The van der Waals surface area contributed by atoms with E-state index < -0.39 is 6.10 Å². The Labute approximate surface area is 120 Å². The predicted molar refractivity (Wildman–Crippen MR) is 77.5 cm³/mol. The van der Waals surface area contributed by atoms with E-state index in [9.17, 15) is 9.50 Å². The summed E-state index contributed by atoms with van der Waals surface area (Å²) < 4.78 is 13.0. The minimum Gasteiger partial charge on any atom is -0.386 e. The van der Waals surface area contributed by atoms with Gasteiger partial charge in [-0.25, -0.2) is 9.37 Å². The molecule has 0 saturated carbocycles. The van der Waals surface area contributed by atoms with E-state index in [4.69, 9.17) is 0 Å². The highest BCUT2D eigenvalue weighted by molar-refractivity contribution is 7.15. The van der Waals surface area contributed by atoms with Gasteiger partial charge in [-0.05, 0) is 24.6 Å². The maximum absolute atomic E-state index is 13.0. The minimum atomic E-state index is -0.630. The van der Waals surface area contributed by atoms with E-state index in [1.165, 1.54) is 23.5 Å². The lowest BCUT2D eigenvalue weighted by Gasteiger charge is -2.03. The van der Waals surface area contributed by atoms with Crippen molar-refractivity contribution in [3.63, 3.8) is 0 Å². The normalized spacial score (nSPS) is 15.8. The highest BCUT2D eigenvalue weighted by Crippen LogP contribution is 2.33. The van der Waals surface area contributed by atoms with Crippen molar-refractivity contribution in [3.05, 3.63) is 40.8 Å². The van der Waals surface area contributed by atoms with Crippen LogP contribution in [0.2, 0.25) is 0 Å². The van der Waals surface area contributed by atoms with Crippen molar-refractivity contribution in [1.29, 1.82) is 0 Å². The molecule has 20 heavy (non-hydrogen) atoms. The van der Waals surface area contributed by atoms with Crippen molar-refractivity contribution in [2.45, 2.75) is 13.0 Å². The van der Waals surface area contributed by atoms with E-state index >= 15 is 0 Å². The Balaban J connectivity index is 2.10. The van der Waals surface area contributed by atoms with Crippen LogP contribution in [0.15, 0.2) is 29.3 Å². The van der Waals surface area contributed by atoms with Gasteiger partial charge in [-0.2, -0.15) is 0 Å². The second-order valence-corrected chi connectivity index (χ2v) is 5.60. The standard InChI is InChI=1S/C14H14FN3OS/c1-8(19)14-18-11(13-16-6-7-17-13)12(20-14)9-2-4-10(15)5-3-9/h2-5,8,19H,6-7H2,1H3,(H,16,17). The molecule has 2 heterocycles. The van der Waals surface area contributed by atoms with Crippen LogP contribution in [0.5, 0.6) is 0 Å². The van der Waals surface area contributed by atoms with Crippen molar-refractivity contribution < 1.29 is 9.50 Å². The third kappa shape index (κ3) is 2.44. The number of aliphatic hydroxyl groups excluding tert-OH is 1. The van der Waals surface area contributed by atoms with Gasteiger partial charge >= 0.3 is 0 Å². The molecule has 0 saturated heterocycles. The summed E-state index contributed by atoms with van der Waals surface area (Å²) in [6.45, 7) is 3.19. The molecule has 0 amide bonds. The Morgan fingerprint density at radius 3 is 2.70 bits per heavy atom. The van der Waals surface area contributed by atoms with Gasteiger partial charge in [0.1, 0.15) is 28.5 Å². The lowest BCUT2D eigenvalue weighted by molar-refractivity contribution is 0.199. The van der Waals surface area contributed by atoms with Crippen LogP contribution in [0, 0.1) is 5.82 Å². The molecule has 6 heteroatoms. The van der Waals surface area contributed by atoms with Crippen LogP contribution >= 0.6 is 11.3 Å². The Kier molecular flexibility index (Phi) is 3.50. The van der Waals surface area contributed by atoms with E-state index in [0.717, 1.165) is 35.1 Å². The lowest BCUT2D eigenvalue weighted by Crippen LogP contribution is -2.20. The maximum Gasteiger partial charge on any atom is 0.148 e. The highest BCUT2D eigenvalue weighted by Gasteiger charge is 2.21. The van der Waals surface area contributed by atoms with Crippen molar-refractivity contribution in [3.8, 4) is 10.4 Å². The number of nitrogens with zero attached hydrogens (tertiary/aromatic N) is 2. The molecule has 4 nitrogen and oxygen atoms in total. The molecule has 1 aromatic carbocycles. The molecule has 0 radical (unpaired) electrons. The number of benzene rings is 1. The van der Waals surface area contributed by atoms with Crippen LogP contribution in [0.4, 0.5) is 4.39 Å². The van der Waals surface area contributed by atoms with E-state index in [-0.39, 0.29) is 5.82 Å². The maximum atomic E-state index is 13.0. The molecule has 1 aromatic heterocycles. The van der Waals surface area contributed by atoms with E-state index in [0.29, 0.717) is 5.01 Å². The van der Waals surface area contributed by atoms with Crippen LogP contribution in [-0.4, -0.2) is 29.0 Å². The Morgan fingerprint density at radius 2 is 2.10 bits per heavy atom. The summed E-state index contributed by atoms with van der Waals surface area (Å²) in [6.07, 6.45) is -0.630. The van der Waals surface area contributed by atoms with Gasteiger partial charge in [0.2, 0.25) is 0 Å². The number of thiazole rings is 1. The molecule has 104 valence electrons. The summed E-state index contributed by atoms with van der Waals surface area (Å²) in [7, 11) is 0. The number of amidine groups is 1. The molecule has 1 atom stereocenters. The fourth-order valence-electron chi connectivity index (χ4n) is 2.03. The summed E-state index contributed by atoms with van der Waals surface area (Å²) in [6, 6.07) is 6.27. The van der Waals surface area contributed by atoms with Gasteiger partial charge in [0.05, 0.1) is 11.4 Å². The molecular weight excluding hydrogens is 277 g/mol. The topological polar surface area (TPSA) is 57.5 Å². The van der Waals surface area contributed by atoms with Crippen LogP contribution in [0.3, 0.4) is 0 Å². The zero-order valence-corrected chi connectivity index (χ0v) is 11.7. The first-order valence-electron chi connectivity index (χ1n) is 6.38. The monoisotopic (exact) mass is 291 g/mol. The van der Waals surface area contributed by atoms with E-state index in [2.05, 4.69) is 15.3 Å². The number of halogens is 1. The number of hydrogen-bond acceptors (Lipinski definition) is 5. The van der Waals surface area contributed by atoms with Gasteiger partial charge in [-0.1, -0.05) is 12.1 Å². The number of aromatic nitrogens is 1. The zero-order chi connectivity index (χ0) is 14.1. The molecule has 2 N–H and O–H groups in total. The van der Waals surface area contributed by atoms with E-state index in [1.807, 2.05) is 0 Å². The van der Waals surface area contributed by atoms with Gasteiger partial charge in [0.15, 0.2) is 0 Å². The third-order valence-corrected chi connectivity index (χ3v) is 4.28. The van der Waals surface area contributed by atoms with Crippen molar-refractivity contribution >= 4 is 17.2 Å². The van der Waals surface area contributed by atoms with Gasteiger partial charge in [-0.15, -0.1) is 11.3 Å². The number of aliphatic imine (C=N–C) groups is 1. The number of nitrogens with one attached hydrogen (secondary N) is 1. The Bertz CT molecular complexity index is 649. The minimum absolute atomic E-state index is 0.271. The number of aliphatic hydroxyl groups is 1. The number of rotatable bonds is 3. The molecule has 1 aliphatic rings. The van der Waals surface area contributed by atoms with Crippen molar-refractivity contribution in [1.82, 2.24) is 10.3 Å². The highest BCUT2D eigenvalue weighted by atomic mass is 32.1. The summed E-state index contributed by atoms with van der Waals surface area (Å²) in [4.78, 5) is 9.75. The second-order valence-electron chi connectivity index (χ2n) is 4.57. The molecule has 2 aromatic rings. The molecule has 0 aliphatic carbocycles. The average Bonchev–Trinajstić information content (AvgIpc) is 3.08. The largest absolute Gasteiger partial charge is 0.386 e. The van der Waals surface area contributed by atoms with Gasteiger partial charge in [0.25, 0.3) is 0 Å². The number of hydrogen-bond donors (Lipinski definition) is 2. The molecule has 3 rings (SSSR count). The van der Waals surface area contributed by atoms with Crippen LogP contribution < -0.4 is 5.32 Å². The SMILES string of the molecule is CC(O)c1nc(C2=NCCN2)c(-c2ccc(F)cc2)s1. The molecule has 0 fully saturated rings. The fraction of sp³-hybridized carbons (Fsp3) is 0.286. The predicted octanol–water partition coefficient (Wildman–Crippen LogP) is 2.35. The molecule has 1 aliphatic heterocycles. The first-order chi connectivity index (χ1) is 9.65. The Hall–Kier alpha value is -1.79. The van der Waals surface area contributed by atoms with Crippen LogP contribution in [0.1, 0.15) is 23.7 Å². The molecular formula is C14H14FN3OS. The molecule has 0 bridgehead atoms. The lowest BCUT2D eigenvalue weighted by atomic mass is 10.1. The first kappa shape index (κ1) is 13.2. The zero-order valence-electron chi connectivity index (χ0n) is 10.9. The summed E-state index contributed by atoms with van der Waals surface area (Å²) in [5.74, 6) is 0.472. The molecule has 0 spiro atoms. The van der Waals surface area contributed by atoms with Gasteiger partial charge < -0.3 is 10.4 Å². The van der Waals surface area contributed by atoms with Crippen LogP contribution in [0.25, 0.3) is 10.4 Å². The van der Waals surface area contributed by atoms with Crippen molar-refractivity contribution in [2.75, 3.05) is 13.1 Å². The van der Waals surface area contributed by atoms with Crippen LogP contribution in [-0.2, 0) is 0 Å². The third-order valence-electron chi connectivity index (χ3n) is 3.01. The Morgan fingerprint density at radius 1 is 1.35 bits per heavy atom. The summed E-state index contributed by atoms with van der Waals surface area (Å²) >= 11 is 1.41. The molecule has 1 unspecified atom stereocenters. The smallest absolute Gasteiger partial charge is 0.148 e. The quantitative estimate of drug-likeness (QED) is 0.912.